The summed E-state index contributed by atoms with van der Waals surface area (Å²) in [6.45, 7) is 0. The lowest BCUT2D eigenvalue weighted by atomic mass is 9.94. The normalized spacial score (nSPS) is 11.5. The van der Waals surface area contributed by atoms with Gasteiger partial charge in [-0.1, -0.05) is 121 Å². The van der Waals surface area contributed by atoms with Crippen molar-refractivity contribution >= 4 is 60.8 Å². The predicted molar refractivity (Wildman–Crippen MR) is 192 cm³/mol. The van der Waals surface area contributed by atoms with Crippen LogP contribution in [0.25, 0.3) is 65.9 Å². The van der Waals surface area contributed by atoms with Crippen LogP contribution >= 0.6 is 0 Å². The van der Waals surface area contributed by atoms with Gasteiger partial charge in [-0.2, -0.15) is 0 Å². The van der Waals surface area contributed by atoms with Crippen LogP contribution in [-0.4, -0.2) is 15.0 Å². The van der Waals surface area contributed by atoms with Crippen LogP contribution in [0.15, 0.2) is 164 Å². The number of aromatic nitrogens is 3. The van der Waals surface area contributed by atoms with Crippen LogP contribution in [0.4, 0.5) is 17.3 Å². The lowest BCUT2D eigenvalue weighted by molar-refractivity contribution is 1.11. The Labute approximate surface area is 266 Å². The van der Waals surface area contributed by atoms with Crippen molar-refractivity contribution in [1.82, 2.24) is 15.0 Å². The number of para-hydroxylation sites is 3. The van der Waals surface area contributed by atoms with Gasteiger partial charge >= 0.3 is 0 Å². The van der Waals surface area contributed by atoms with E-state index in [1.807, 2.05) is 24.3 Å². The van der Waals surface area contributed by atoms with E-state index in [0.717, 1.165) is 50.1 Å². The smallest absolute Gasteiger partial charge is 0.235 e. The Morgan fingerprint density at radius 1 is 0.435 bits per heavy atom. The molecule has 0 atom stereocenters. The molecule has 0 bridgehead atoms. The van der Waals surface area contributed by atoms with Gasteiger partial charge < -0.3 is 4.98 Å². The van der Waals surface area contributed by atoms with E-state index < -0.39 is 0 Å². The third kappa shape index (κ3) is 4.31. The van der Waals surface area contributed by atoms with Crippen LogP contribution in [0.5, 0.6) is 0 Å². The van der Waals surface area contributed by atoms with Crippen LogP contribution in [0.1, 0.15) is 0 Å². The highest BCUT2D eigenvalue weighted by Crippen LogP contribution is 2.41. The molecule has 46 heavy (non-hydrogen) atoms. The standard InChI is InChI=1S/C42H28N4/c1-3-14-28(15-4-1)41-35-23-10-12-25-38(35)44-42(45-41)46(30-17-5-2-6-18-30)31-19-13-16-29(26-31)36-27-39-40(33-21-8-7-20-32(33)36)34-22-9-11-24-37(34)43-39/h1-27,43H. The first kappa shape index (κ1) is 26.2. The first-order chi connectivity index (χ1) is 22.8. The maximum Gasteiger partial charge on any atom is 0.235 e. The number of aromatic amines is 1. The predicted octanol–water partition coefficient (Wildman–Crippen LogP) is 11.2. The first-order valence-corrected chi connectivity index (χ1v) is 15.5. The summed E-state index contributed by atoms with van der Waals surface area (Å²) in [5.74, 6) is 0.622. The molecule has 0 aliphatic carbocycles. The number of H-pyrrole nitrogens is 1. The maximum atomic E-state index is 5.25. The van der Waals surface area contributed by atoms with Crippen molar-refractivity contribution in [3.8, 4) is 22.4 Å². The number of hydrogen-bond donors (Lipinski definition) is 1. The highest BCUT2D eigenvalue weighted by molar-refractivity contribution is 6.23. The molecule has 9 rings (SSSR count). The fourth-order valence-electron chi connectivity index (χ4n) is 6.71. The Morgan fingerprint density at radius 3 is 1.89 bits per heavy atom. The van der Waals surface area contributed by atoms with Gasteiger partial charge in [-0.25, -0.2) is 9.97 Å². The van der Waals surface area contributed by atoms with Crippen LogP contribution in [0.3, 0.4) is 0 Å². The SMILES string of the molecule is c1ccc(-c2nc(N(c3ccccc3)c3cccc(-c4cc5[nH]c6ccccc6c5c5ccccc45)c3)nc3ccccc23)cc1. The van der Waals surface area contributed by atoms with Gasteiger partial charge in [0.05, 0.1) is 11.2 Å². The minimum absolute atomic E-state index is 0.622. The molecule has 0 saturated heterocycles. The van der Waals surface area contributed by atoms with Crippen molar-refractivity contribution in [2.45, 2.75) is 0 Å². The van der Waals surface area contributed by atoms with E-state index in [0.29, 0.717) is 5.95 Å². The number of fused-ring (bicyclic) bond motifs is 6. The minimum atomic E-state index is 0.622. The Hall–Kier alpha value is -6.26. The quantitative estimate of drug-likeness (QED) is 0.217. The van der Waals surface area contributed by atoms with Gasteiger partial charge in [0.25, 0.3) is 0 Å². The van der Waals surface area contributed by atoms with E-state index in [4.69, 9.17) is 9.97 Å². The molecule has 0 aliphatic heterocycles. The second kappa shape index (κ2) is 10.7. The average molecular weight is 589 g/mol. The Balaban J connectivity index is 1.27. The summed E-state index contributed by atoms with van der Waals surface area (Å²) >= 11 is 0. The van der Waals surface area contributed by atoms with E-state index in [1.54, 1.807) is 0 Å². The molecular weight excluding hydrogens is 560 g/mol. The van der Waals surface area contributed by atoms with Crippen LogP contribution in [0, 0.1) is 0 Å². The Bertz CT molecular complexity index is 2530. The molecule has 0 radical (unpaired) electrons. The van der Waals surface area contributed by atoms with E-state index >= 15 is 0 Å². The second-order valence-electron chi connectivity index (χ2n) is 11.5. The van der Waals surface area contributed by atoms with Gasteiger partial charge in [0, 0.05) is 44.1 Å². The molecule has 0 spiro atoms. The lowest BCUT2D eigenvalue weighted by Gasteiger charge is -2.25. The van der Waals surface area contributed by atoms with Gasteiger partial charge in [0.1, 0.15) is 0 Å². The summed E-state index contributed by atoms with van der Waals surface area (Å²) in [7, 11) is 0. The summed E-state index contributed by atoms with van der Waals surface area (Å²) < 4.78 is 0. The second-order valence-corrected chi connectivity index (χ2v) is 11.5. The van der Waals surface area contributed by atoms with E-state index in [9.17, 15) is 0 Å². The Morgan fingerprint density at radius 2 is 1.07 bits per heavy atom. The Kier molecular flexibility index (Phi) is 6.10. The number of nitrogens with zero attached hydrogens (tertiary/aromatic N) is 3. The van der Waals surface area contributed by atoms with Crippen LogP contribution in [0.2, 0.25) is 0 Å². The molecule has 0 fully saturated rings. The number of nitrogens with one attached hydrogen (secondary N) is 1. The summed E-state index contributed by atoms with van der Waals surface area (Å²) in [6, 6.07) is 57.2. The zero-order valence-corrected chi connectivity index (χ0v) is 24.9. The molecule has 0 saturated carbocycles. The largest absolute Gasteiger partial charge is 0.354 e. The van der Waals surface area contributed by atoms with Crippen molar-refractivity contribution < 1.29 is 0 Å². The van der Waals surface area contributed by atoms with Crippen LogP contribution < -0.4 is 4.90 Å². The average Bonchev–Trinajstić information content (AvgIpc) is 3.51. The summed E-state index contributed by atoms with van der Waals surface area (Å²) in [5, 5.41) is 5.99. The molecule has 4 heteroatoms. The monoisotopic (exact) mass is 588 g/mol. The molecule has 216 valence electrons. The van der Waals surface area contributed by atoms with Gasteiger partial charge in [-0.15, -0.1) is 0 Å². The van der Waals surface area contributed by atoms with Gasteiger partial charge in [-0.3, -0.25) is 4.90 Å². The van der Waals surface area contributed by atoms with Gasteiger partial charge in [0.15, 0.2) is 0 Å². The molecule has 2 aromatic heterocycles. The molecule has 2 heterocycles. The summed E-state index contributed by atoms with van der Waals surface area (Å²) in [5.41, 5.74) is 9.42. The highest BCUT2D eigenvalue weighted by Gasteiger charge is 2.20. The summed E-state index contributed by atoms with van der Waals surface area (Å²) in [4.78, 5) is 16.2. The van der Waals surface area contributed by atoms with Crippen molar-refractivity contribution in [2.24, 2.45) is 0 Å². The number of rotatable bonds is 5. The third-order valence-corrected chi connectivity index (χ3v) is 8.78. The molecule has 7 aromatic carbocycles. The third-order valence-electron chi connectivity index (χ3n) is 8.78. The first-order valence-electron chi connectivity index (χ1n) is 15.5. The van der Waals surface area contributed by atoms with Crippen LogP contribution in [-0.2, 0) is 0 Å². The number of benzene rings is 7. The molecule has 0 amide bonds. The molecule has 0 aliphatic rings. The molecule has 1 N–H and O–H groups in total. The van der Waals surface area contributed by atoms with Crippen molar-refractivity contribution in [2.75, 3.05) is 4.90 Å². The number of anilines is 3. The fraction of sp³-hybridized carbons (Fsp3) is 0. The maximum absolute atomic E-state index is 5.25. The zero-order chi connectivity index (χ0) is 30.5. The van der Waals surface area contributed by atoms with Crippen molar-refractivity contribution in [3.63, 3.8) is 0 Å². The van der Waals surface area contributed by atoms with E-state index in [-0.39, 0.29) is 0 Å². The lowest BCUT2D eigenvalue weighted by Crippen LogP contribution is -2.14. The summed E-state index contributed by atoms with van der Waals surface area (Å²) in [6.07, 6.45) is 0. The van der Waals surface area contributed by atoms with Crippen molar-refractivity contribution in [1.29, 1.82) is 0 Å². The fourth-order valence-corrected chi connectivity index (χ4v) is 6.71. The molecule has 4 nitrogen and oxygen atoms in total. The minimum Gasteiger partial charge on any atom is -0.354 e. The van der Waals surface area contributed by atoms with Crippen molar-refractivity contribution in [3.05, 3.63) is 164 Å². The topological polar surface area (TPSA) is 44.8 Å². The zero-order valence-electron chi connectivity index (χ0n) is 24.9. The molecular formula is C42H28N4. The van der Waals surface area contributed by atoms with Gasteiger partial charge in [0.2, 0.25) is 5.95 Å². The van der Waals surface area contributed by atoms with Gasteiger partial charge in [-0.05, 0) is 64.4 Å². The highest BCUT2D eigenvalue weighted by atomic mass is 15.3. The molecule has 9 aromatic rings. The van der Waals surface area contributed by atoms with E-state index in [1.165, 1.54) is 27.1 Å². The number of hydrogen-bond acceptors (Lipinski definition) is 3. The molecule has 0 unspecified atom stereocenters. The van der Waals surface area contributed by atoms with E-state index in [2.05, 4.69) is 149 Å².